The van der Waals surface area contributed by atoms with Crippen LogP contribution >= 0.6 is 0 Å². The van der Waals surface area contributed by atoms with Crippen LogP contribution in [-0.4, -0.2) is 30.2 Å². The molecule has 1 heterocycles. The minimum Gasteiger partial charge on any atom is -0.493 e. The van der Waals surface area contributed by atoms with Crippen molar-refractivity contribution in [3.63, 3.8) is 0 Å². The Labute approximate surface area is 102 Å². The third-order valence-corrected chi connectivity index (χ3v) is 3.58. The molecule has 1 aliphatic carbocycles. The second-order valence-corrected chi connectivity index (χ2v) is 5.33. The predicted molar refractivity (Wildman–Crippen MR) is 66.0 cm³/mol. The molecule has 0 amide bonds. The van der Waals surface area contributed by atoms with Gasteiger partial charge in [-0.3, -0.25) is 4.90 Å². The van der Waals surface area contributed by atoms with E-state index in [0.29, 0.717) is 6.54 Å². The van der Waals surface area contributed by atoms with Gasteiger partial charge >= 0.3 is 0 Å². The van der Waals surface area contributed by atoms with E-state index in [9.17, 15) is 5.11 Å². The number of benzene rings is 1. The van der Waals surface area contributed by atoms with Crippen LogP contribution in [0.2, 0.25) is 0 Å². The molecule has 1 fully saturated rings. The molecular weight excluding hydrogens is 214 g/mol. The lowest BCUT2D eigenvalue weighted by Gasteiger charge is -2.29. The molecular formula is C14H19NO2. The maximum atomic E-state index is 10.0. The quantitative estimate of drug-likeness (QED) is 0.866. The Morgan fingerprint density at radius 1 is 1.41 bits per heavy atom. The zero-order chi connectivity index (χ0) is 11.8. The lowest BCUT2D eigenvalue weighted by atomic mass is 9.97. The number of aliphatic hydroxyl groups is 1. The van der Waals surface area contributed by atoms with Gasteiger partial charge in [-0.25, -0.2) is 0 Å². The number of β-amino-alcohol motifs (C(OH)–C–C–N with tert-alkyl or cyclic N) is 1. The van der Waals surface area contributed by atoms with Crippen LogP contribution in [0.4, 0.5) is 0 Å². The molecule has 3 rings (SSSR count). The van der Waals surface area contributed by atoms with Gasteiger partial charge in [0.05, 0.1) is 12.7 Å². The van der Waals surface area contributed by atoms with Gasteiger partial charge in [0.2, 0.25) is 0 Å². The van der Waals surface area contributed by atoms with Crippen LogP contribution in [0.25, 0.3) is 0 Å². The van der Waals surface area contributed by atoms with Crippen LogP contribution in [0.1, 0.15) is 30.1 Å². The van der Waals surface area contributed by atoms with E-state index in [0.717, 1.165) is 30.4 Å². The molecule has 3 heteroatoms. The van der Waals surface area contributed by atoms with Gasteiger partial charge in [-0.15, -0.1) is 0 Å². The first-order valence-electron chi connectivity index (χ1n) is 6.34. The standard InChI is InChI=1S/C14H19NO2/c1-15-7-11-4-5-12(17-9-10-2-3-10)6-13(11)14(16)8-15/h4-6,10,14,16H,2-3,7-9H2,1H3. The number of aliphatic hydroxyl groups excluding tert-OH is 1. The van der Waals surface area contributed by atoms with E-state index in [1.54, 1.807) is 0 Å². The number of likely N-dealkylation sites (N-methyl/N-ethyl adjacent to an activating group) is 1. The third kappa shape index (κ3) is 2.45. The Bertz CT molecular complexity index is 415. The monoisotopic (exact) mass is 233 g/mol. The zero-order valence-corrected chi connectivity index (χ0v) is 10.2. The van der Waals surface area contributed by atoms with Gasteiger partial charge in [-0.2, -0.15) is 0 Å². The molecule has 1 aliphatic heterocycles. The van der Waals surface area contributed by atoms with E-state index in [-0.39, 0.29) is 6.10 Å². The van der Waals surface area contributed by atoms with Crippen molar-refractivity contribution >= 4 is 0 Å². The topological polar surface area (TPSA) is 32.7 Å². The molecule has 3 nitrogen and oxygen atoms in total. The molecule has 1 atom stereocenters. The summed E-state index contributed by atoms with van der Waals surface area (Å²) in [4.78, 5) is 2.14. The van der Waals surface area contributed by atoms with Crippen LogP contribution in [0.5, 0.6) is 5.75 Å². The highest BCUT2D eigenvalue weighted by Gasteiger charge is 2.24. The normalized spacial score (nSPS) is 24.5. The van der Waals surface area contributed by atoms with E-state index >= 15 is 0 Å². The van der Waals surface area contributed by atoms with Crippen LogP contribution in [-0.2, 0) is 6.54 Å². The van der Waals surface area contributed by atoms with Crippen LogP contribution < -0.4 is 4.74 Å². The highest BCUT2D eigenvalue weighted by atomic mass is 16.5. The van der Waals surface area contributed by atoms with Crippen LogP contribution in [0.15, 0.2) is 18.2 Å². The maximum absolute atomic E-state index is 10.0. The summed E-state index contributed by atoms with van der Waals surface area (Å²) in [5, 5.41) is 10.0. The summed E-state index contributed by atoms with van der Waals surface area (Å²) in [5.74, 6) is 1.67. The smallest absolute Gasteiger partial charge is 0.119 e. The second-order valence-electron chi connectivity index (χ2n) is 5.33. The molecule has 1 aromatic rings. The maximum Gasteiger partial charge on any atom is 0.119 e. The van der Waals surface area contributed by atoms with E-state index in [1.807, 2.05) is 19.2 Å². The first-order valence-corrected chi connectivity index (χ1v) is 6.34. The summed E-state index contributed by atoms with van der Waals surface area (Å²) in [6.45, 7) is 2.45. The lowest BCUT2D eigenvalue weighted by molar-refractivity contribution is 0.107. The molecule has 1 saturated carbocycles. The predicted octanol–water partition coefficient (Wildman–Crippen LogP) is 1.95. The summed E-state index contributed by atoms with van der Waals surface area (Å²) in [7, 11) is 2.03. The average Bonchev–Trinajstić information content (AvgIpc) is 3.10. The number of ether oxygens (including phenoxy) is 1. The largest absolute Gasteiger partial charge is 0.493 e. The number of hydrogen-bond donors (Lipinski definition) is 1. The van der Waals surface area contributed by atoms with E-state index < -0.39 is 0 Å². The van der Waals surface area contributed by atoms with Gasteiger partial charge in [0.15, 0.2) is 0 Å². The fourth-order valence-corrected chi connectivity index (χ4v) is 2.36. The van der Waals surface area contributed by atoms with E-state index in [2.05, 4.69) is 11.0 Å². The lowest BCUT2D eigenvalue weighted by Crippen LogP contribution is -2.30. The summed E-state index contributed by atoms with van der Waals surface area (Å²) in [6, 6.07) is 6.11. The number of hydrogen-bond acceptors (Lipinski definition) is 3. The third-order valence-electron chi connectivity index (χ3n) is 3.58. The molecule has 0 spiro atoms. The molecule has 2 aliphatic rings. The van der Waals surface area contributed by atoms with Crippen LogP contribution in [0.3, 0.4) is 0 Å². The summed E-state index contributed by atoms with van der Waals surface area (Å²) >= 11 is 0. The van der Waals surface area contributed by atoms with Gasteiger partial charge in [-0.05, 0) is 49.1 Å². The van der Waals surface area contributed by atoms with Crippen molar-refractivity contribution in [2.75, 3.05) is 20.2 Å². The van der Waals surface area contributed by atoms with Crippen molar-refractivity contribution in [1.82, 2.24) is 4.90 Å². The van der Waals surface area contributed by atoms with Gasteiger partial charge in [0, 0.05) is 13.1 Å². The van der Waals surface area contributed by atoms with Gasteiger partial charge in [-0.1, -0.05) is 6.07 Å². The summed E-state index contributed by atoms with van der Waals surface area (Å²) < 4.78 is 5.75. The average molecular weight is 233 g/mol. The fraction of sp³-hybridized carbons (Fsp3) is 0.571. The van der Waals surface area contributed by atoms with Gasteiger partial charge in [0.25, 0.3) is 0 Å². The molecule has 92 valence electrons. The SMILES string of the molecule is CN1Cc2ccc(OCC3CC3)cc2C(O)C1. The molecule has 1 aromatic carbocycles. The number of nitrogens with zero attached hydrogens (tertiary/aromatic N) is 1. The number of fused-ring (bicyclic) bond motifs is 1. The highest BCUT2D eigenvalue weighted by Crippen LogP contribution is 2.32. The Morgan fingerprint density at radius 3 is 3.00 bits per heavy atom. The van der Waals surface area contributed by atoms with Crippen molar-refractivity contribution in [3.05, 3.63) is 29.3 Å². The zero-order valence-electron chi connectivity index (χ0n) is 10.2. The Balaban J connectivity index is 1.76. The molecule has 0 saturated heterocycles. The molecule has 17 heavy (non-hydrogen) atoms. The molecule has 0 radical (unpaired) electrons. The minimum atomic E-state index is -0.381. The van der Waals surface area contributed by atoms with Gasteiger partial charge in [0.1, 0.15) is 5.75 Å². The highest BCUT2D eigenvalue weighted by molar-refractivity contribution is 5.38. The molecule has 0 bridgehead atoms. The fourth-order valence-electron chi connectivity index (χ4n) is 2.36. The minimum absolute atomic E-state index is 0.381. The Kier molecular flexibility index (Phi) is 2.81. The summed E-state index contributed by atoms with van der Waals surface area (Å²) in [5.41, 5.74) is 2.25. The molecule has 1 N–H and O–H groups in total. The van der Waals surface area contributed by atoms with Gasteiger partial charge < -0.3 is 9.84 Å². The van der Waals surface area contributed by atoms with Crippen molar-refractivity contribution in [3.8, 4) is 5.75 Å². The van der Waals surface area contributed by atoms with Crippen molar-refractivity contribution < 1.29 is 9.84 Å². The summed E-state index contributed by atoms with van der Waals surface area (Å²) in [6.07, 6.45) is 2.23. The van der Waals surface area contributed by atoms with E-state index in [4.69, 9.17) is 4.74 Å². The van der Waals surface area contributed by atoms with E-state index in [1.165, 1.54) is 18.4 Å². The van der Waals surface area contributed by atoms with Crippen molar-refractivity contribution in [1.29, 1.82) is 0 Å². The Hall–Kier alpha value is -1.06. The molecule has 0 aromatic heterocycles. The first-order chi connectivity index (χ1) is 8.22. The van der Waals surface area contributed by atoms with Crippen LogP contribution in [0, 0.1) is 5.92 Å². The van der Waals surface area contributed by atoms with Crippen molar-refractivity contribution in [2.45, 2.75) is 25.5 Å². The molecule has 1 unspecified atom stereocenters. The first kappa shape index (κ1) is 11.1. The van der Waals surface area contributed by atoms with Crippen molar-refractivity contribution in [2.24, 2.45) is 5.92 Å². The second kappa shape index (κ2) is 4.31. The Morgan fingerprint density at radius 2 is 2.24 bits per heavy atom. The number of rotatable bonds is 3.